The molecule has 0 aliphatic carbocycles. The Morgan fingerprint density at radius 2 is 1.83 bits per heavy atom. The summed E-state index contributed by atoms with van der Waals surface area (Å²) in [4.78, 5) is 23.1. The Balaban J connectivity index is 2.85. The van der Waals surface area contributed by atoms with Gasteiger partial charge in [0.25, 0.3) is 0 Å². The zero-order valence-electron chi connectivity index (χ0n) is 14.5. The summed E-state index contributed by atoms with van der Waals surface area (Å²) >= 11 is 0. The van der Waals surface area contributed by atoms with E-state index in [2.05, 4.69) is 5.32 Å². The molecule has 24 heavy (non-hydrogen) atoms. The summed E-state index contributed by atoms with van der Waals surface area (Å²) in [6.07, 6.45) is -0.0214. The molecule has 0 aliphatic rings. The Kier molecular flexibility index (Phi) is 8.05. The number of carboxylic acid groups (broad SMARTS) is 1. The number of nitrogens with one attached hydrogen (secondary N) is 1. The average Bonchev–Trinajstić information content (AvgIpc) is 2.52. The number of hydrogen-bond acceptors (Lipinski definition) is 5. The van der Waals surface area contributed by atoms with Crippen LogP contribution in [0.4, 0.5) is 0 Å². The van der Waals surface area contributed by atoms with Gasteiger partial charge in [-0.15, -0.1) is 0 Å². The highest BCUT2D eigenvalue weighted by Gasteiger charge is 2.20. The molecule has 0 bridgehead atoms. The first kappa shape index (κ1) is 19.8. The number of ether oxygens (including phenoxy) is 3. The van der Waals surface area contributed by atoms with Crippen molar-refractivity contribution >= 4 is 11.9 Å². The van der Waals surface area contributed by atoms with Gasteiger partial charge in [-0.1, -0.05) is 6.07 Å². The smallest absolute Gasteiger partial charge is 0.305 e. The zero-order valence-corrected chi connectivity index (χ0v) is 14.5. The van der Waals surface area contributed by atoms with Crippen molar-refractivity contribution < 1.29 is 28.9 Å². The lowest BCUT2D eigenvalue weighted by Gasteiger charge is -2.19. The fourth-order valence-corrected chi connectivity index (χ4v) is 2.15. The molecule has 0 saturated heterocycles. The van der Waals surface area contributed by atoms with Crippen molar-refractivity contribution in [2.24, 2.45) is 0 Å². The molecule has 1 rings (SSSR count). The summed E-state index contributed by atoms with van der Waals surface area (Å²) in [6.45, 7) is 4.05. The van der Waals surface area contributed by atoms with Crippen molar-refractivity contribution in [3.63, 3.8) is 0 Å². The fraction of sp³-hybridized carbons (Fsp3) is 0.529. The second kappa shape index (κ2) is 9.77. The molecule has 134 valence electrons. The van der Waals surface area contributed by atoms with Crippen LogP contribution in [0.1, 0.15) is 38.3 Å². The van der Waals surface area contributed by atoms with Gasteiger partial charge in [0.2, 0.25) is 5.91 Å². The van der Waals surface area contributed by atoms with Crippen LogP contribution in [0.3, 0.4) is 0 Å². The lowest BCUT2D eigenvalue weighted by atomic mass is 10.0. The van der Waals surface area contributed by atoms with Crippen LogP contribution in [0.25, 0.3) is 0 Å². The summed E-state index contributed by atoms with van der Waals surface area (Å²) < 4.78 is 15.7. The van der Waals surface area contributed by atoms with E-state index in [9.17, 15) is 9.59 Å². The molecule has 0 heterocycles. The molecule has 1 atom stereocenters. The Hall–Kier alpha value is -2.28. The summed E-state index contributed by atoms with van der Waals surface area (Å²) in [5, 5.41) is 11.8. The predicted octanol–water partition coefficient (Wildman–Crippen LogP) is 2.15. The summed E-state index contributed by atoms with van der Waals surface area (Å²) in [5.41, 5.74) is 0.633. The number of carboxylic acids is 1. The van der Waals surface area contributed by atoms with E-state index in [4.69, 9.17) is 19.3 Å². The van der Waals surface area contributed by atoms with Crippen LogP contribution >= 0.6 is 0 Å². The number of amides is 1. The SMILES string of the molecule is COc1ccc(C(CC(=O)O)NC(=O)CCOC(C)C)cc1OC. The van der Waals surface area contributed by atoms with Crippen LogP contribution in [0, 0.1) is 0 Å². The molecule has 7 nitrogen and oxygen atoms in total. The number of methoxy groups -OCH3 is 2. The van der Waals surface area contributed by atoms with Crippen LogP contribution in [-0.4, -0.2) is 43.9 Å². The van der Waals surface area contributed by atoms with Gasteiger partial charge in [0.1, 0.15) is 0 Å². The molecule has 7 heteroatoms. The van der Waals surface area contributed by atoms with Crippen molar-refractivity contribution in [1.82, 2.24) is 5.32 Å². The van der Waals surface area contributed by atoms with E-state index in [0.29, 0.717) is 17.1 Å². The number of carbonyl (C=O) groups excluding carboxylic acids is 1. The summed E-state index contributed by atoms with van der Waals surface area (Å²) in [5.74, 6) is -0.264. The largest absolute Gasteiger partial charge is 0.493 e. The second-order valence-corrected chi connectivity index (χ2v) is 5.50. The van der Waals surface area contributed by atoms with E-state index in [-0.39, 0.29) is 31.5 Å². The molecule has 1 amide bonds. The van der Waals surface area contributed by atoms with Crippen molar-refractivity contribution in [3.8, 4) is 11.5 Å². The fourth-order valence-electron chi connectivity index (χ4n) is 2.15. The van der Waals surface area contributed by atoms with Crippen LogP contribution in [0.2, 0.25) is 0 Å². The van der Waals surface area contributed by atoms with Crippen LogP contribution < -0.4 is 14.8 Å². The molecule has 1 aromatic carbocycles. The number of aliphatic carboxylic acids is 1. The summed E-state index contributed by atoms with van der Waals surface area (Å²) in [7, 11) is 3.01. The lowest BCUT2D eigenvalue weighted by molar-refractivity contribution is -0.137. The Morgan fingerprint density at radius 1 is 1.17 bits per heavy atom. The van der Waals surface area contributed by atoms with E-state index in [1.807, 2.05) is 13.8 Å². The normalized spacial score (nSPS) is 11.9. The molecule has 1 unspecified atom stereocenters. The average molecular weight is 339 g/mol. The molecule has 2 N–H and O–H groups in total. The minimum atomic E-state index is -1.01. The highest BCUT2D eigenvalue weighted by atomic mass is 16.5. The third-order valence-corrected chi connectivity index (χ3v) is 3.30. The van der Waals surface area contributed by atoms with E-state index in [1.165, 1.54) is 14.2 Å². The van der Waals surface area contributed by atoms with Crippen LogP contribution in [-0.2, 0) is 14.3 Å². The van der Waals surface area contributed by atoms with E-state index < -0.39 is 12.0 Å². The van der Waals surface area contributed by atoms with Crippen molar-refractivity contribution in [3.05, 3.63) is 23.8 Å². The minimum Gasteiger partial charge on any atom is -0.493 e. The third-order valence-electron chi connectivity index (χ3n) is 3.30. The Labute approximate surface area is 141 Å². The maximum atomic E-state index is 12.0. The molecule has 1 aromatic rings. The molecule has 0 saturated carbocycles. The van der Waals surface area contributed by atoms with Crippen molar-refractivity contribution in [2.75, 3.05) is 20.8 Å². The molecule has 0 fully saturated rings. The Bertz CT molecular complexity index is 558. The van der Waals surface area contributed by atoms with Gasteiger partial charge in [-0.2, -0.15) is 0 Å². The molecule has 0 aliphatic heterocycles. The third kappa shape index (κ3) is 6.45. The van der Waals surface area contributed by atoms with Crippen molar-refractivity contribution in [2.45, 2.75) is 38.8 Å². The second-order valence-electron chi connectivity index (χ2n) is 5.50. The standard InChI is InChI=1S/C17H25NO6/c1-11(2)24-8-7-16(19)18-13(10-17(20)21)12-5-6-14(22-3)15(9-12)23-4/h5-6,9,11,13H,7-8,10H2,1-4H3,(H,18,19)(H,20,21). The first-order valence-corrected chi connectivity index (χ1v) is 7.72. The van der Waals surface area contributed by atoms with E-state index in [0.717, 1.165) is 0 Å². The monoisotopic (exact) mass is 339 g/mol. The number of rotatable bonds is 10. The van der Waals surface area contributed by atoms with Gasteiger partial charge in [0.05, 0.1) is 39.4 Å². The molecule has 0 radical (unpaired) electrons. The van der Waals surface area contributed by atoms with Crippen LogP contribution in [0.5, 0.6) is 11.5 Å². The maximum Gasteiger partial charge on any atom is 0.305 e. The molecular formula is C17H25NO6. The van der Waals surface area contributed by atoms with E-state index in [1.54, 1.807) is 18.2 Å². The highest BCUT2D eigenvalue weighted by Crippen LogP contribution is 2.31. The number of benzene rings is 1. The number of carbonyl (C=O) groups is 2. The predicted molar refractivity (Wildman–Crippen MR) is 88.4 cm³/mol. The summed E-state index contributed by atoms with van der Waals surface area (Å²) in [6, 6.07) is 4.39. The highest BCUT2D eigenvalue weighted by molar-refractivity contribution is 5.78. The quantitative estimate of drug-likeness (QED) is 0.678. The molecule has 0 aromatic heterocycles. The van der Waals surface area contributed by atoms with Crippen molar-refractivity contribution in [1.29, 1.82) is 0 Å². The number of hydrogen-bond donors (Lipinski definition) is 2. The van der Waals surface area contributed by atoms with Gasteiger partial charge in [-0.05, 0) is 31.5 Å². The first-order chi connectivity index (χ1) is 11.4. The van der Waals surface area contributed by atoms with Gasteiger partial charge in [0, 0.05) is 6.42 Å². The Morgan fingerprint density at radius 3 is 2.38 bits per heavy atom. The zero-order chi connectivity index (χ0) is 18.1. The molecular weight excluding hydrogens is 314 g/mol. The van der Waals surface area contributed by atoms with Gasteiger partial charge in [0.15, 0.2) is 11.5 Å². The van der Waals surface area contributed by atoms with Gasteiger partial charge in [-0.3, -0.25) is 9.59 Å². The minimum absolute atomic E-state index is 0.0402. The topological polar surface area (TPSA) is 94.1 Å². The maximum absolute atomic E-state index is 12.0. The lowest BCUT2D eigenvalue weighted by Crippen LogP contribution is -2.31. The van der Waals surface area contributed by atoms with Gasteiger partial charge >= 0.3 is 5.97 Å². The van der Waals surface area contributed by atoms with Gasteiger partial charge < -0.3 is 24.6 Å². The first-order valence-electron chi connectivity index (χ1n) is 7.72. The van der Waals surface area contributed by atoms with Gasteiger partial charge in [-0.25, -0.2) is 0 Å². The van der Waals surface area contributed by atoms with E-state index >= 15 is 0 Å². The van der Waals surface area contributed by atoms with Crippen LogP contribution in [0.15, 0.2) is 18.2 Å². The molecule has 0 spiro atoms.